The van der Waals surface area contributed by atoms with Crippen LogP contribution < -0.4 is 0 Å². The van der Waals surface area contributed by atoms with E-state index in [-0.39, 0.29) is 11.8 Å². The third-order valence-electron chi connectivity index (χ3n) is 3.53. The molecule has 138 valence electrons. The van der Waals surface area contributed by atoms with Crippen LogP contribution >= 0.6 is 7.67 Å². The first-order valence-electron chi connectivity index (χ1n) is 8.08. The molecule has 0 aromatic heterocycles. The topological polar surface area (TPSA) is 73.3 Å². The lowest BCUT2D eigenvalue weighted by Crippen LogP contribution is -2.49. The largest absolute Gasteiger partial charge is 0.396 e. The van der Waals surface area contributed by atoms with Crippen LogP contribution in [0.15, 0.2) is 0 Å². The molecule has 1 amide bonds. The van der Waals surface area contributed by atoms with Gasteiger partial charge in [0.05, 0.1) is 0 Å². The molecule has 1 N–H and O–H groups in total. The molecule has 0 aromatic carbocycles. The Labute approximate surface area is 141 Å². The van der Waals surface area contributed by atoms with Gasteiger partial charge in [-0.25, -0.2) is 9.34 Å². The zero-order valence-corrected chi connectivity index (χ0v) is 16.5. The highest BCUT2D eigenvalue weighted by atomic mass is 31.2. The van der Waals surface area contributed by atoms with Crippen molar-refractivity contribution in [2.75, 3.05) is 54.0 Å². The molecule has 7 nitrogen and oxygen atoms in total. The summed E-state index contributed by atoms with van der Waals surface area (Å²) < 4.78 is 21.2. The molecule has 0 aliphatic carbocycles. The fourth-order valence-electron chi connectivity index (χ4n) is 2.07. The van der Waals surface area contributed by atoms with Crippen molar-refractivity contribution in [3.63, 3.8) is 0 Å². The Morgan fingerprint density at radius 3 is 1.87 bits per heavy atom. The summed E-state index contributed by atoms with van der Waals surface area (Å²) in [5.74, 6) is 0.612. The number of aliphatic hydroxyl groups is 1. The first kappa shape index (κ1) is 22.5. The molecule has 1 unspecified atom stereocenters. The van der Waals surface area contributed by atoms with E-state index in [9.17, 15) is 9.36 Å². The summed E-state index contributed by atoms with van der Waals surface area (Å²) in [5, 5.41) is 8.14. The van der Waals surface area contributed by atoms with Crippen LogP contribution in [0.4, 0.5) is 0 Å². The van der Waals surface area contributed by atoms with Crippen molar-refractivity contribution in [1.82, 2.24) is 14.2 Å². The first-order chi connectivity index (χ1) is 10.6. The quantitative estimate of drug-likeness (QED) is 0.761. The second-order valence-corrected chi connectivity index (χ2v) is 9.24. The monoisotopic (exact) mass is 351 g/mol. The van der Waals surface area contributed by atoms with Crippen molar-refractivity contribution in [3.8, 4) is 0 Å². The molecule has 0 radical (unpaired) electrons. The van der Waals surface area contributed by atoms with Crippen molar-refractivity contribution in [1.29, 1.82) is 0 Å². The number of carbonyl (C=O) groups is 1. The average molecular weight is 351 g/mol. The van der Waals surface area contributed by atoms with E-state index in [0.29, 0.717) is 38.7 Å². The lowest BCUT2D eigenvalue weighted by molar-refractivity contribution is -0.135. The maximum absolute atomic E-state index is 12.6. The Hall–Kier alpha value is -0.460. The molecule has 1 fully saturated rings. The summed E-state index contributed by atoms with van der Waals surface area (Å²) in [6.07, 6.45) is 0. The molecule has 1 aliphatic rings. The Morgan fingerprint density at radius 2 is 1.61 bits per heavy atom. The van der Waals surface area contributed by atoms with Gasteiger partial charge in [-0.3, -0.25) is 9.36 Å². The fourth-order valence-corrected chi connectivity index (χ4v) is 3.81. The fraction of sp³-hybridized carbons (Fsp3) is 0.933. The van der Waals surface area contributed by atoms with Gasteiger partial charge in [0.15, 0.2) is 0 Å². The van der Waals surface area contributed by atoms with Crippen LogP contribution in [-0.2, 0) is 13.9 Å². The van der Waals surface area contributed by atoms with Crippen LogP contribution in [0.1, 0.15) is 27.7 Å². The predicted octanol–water partition coefficient (Wildman–Crippen LogP) is 1.74. The Balaban J connectivity index is 0.000000841. The average Bonchev–Trinajstić information content (AvgIpc) is 2.53. The molecule has 0 saturated carbocycles. The SMILES string of the molecule is CC(C)CO.COP(=O)(N(C)C)N1CCN(C(=O)C(C)C)CC1. The van der Waals surface area contributed by atoms with Crippen LogP contribution in [0.5, 0.6) is 0 Å². The molecule has 0 bridgehead atoms. The van der Waals surface area contributed by atoms with E-state index in [4.69, 9.17) is 9.63 Å². The van der Waals surface area contributed by atoms with Gasteiger partial charge in [0.25, 0.3) is 0 Å². The maximum Gasteiger partial charge on any atom is 0.345 e. The van der Waals surface area contributed by atoms with Crippen molar-refractivity contribution in [3.05, 3.63) is 0 Å². The van der Waals surface area contributed by atoms with E-state index in [0.717, 1.165) is 0 Å². The Morgan fingerprint density at radius 1 is 1.17 bits per heavy atom. The van der Waals surface area contributed by atoms with Crippen LogP contribution in [0.2, 0.25) is 0 Å². The number of aliphatic hydroxyl groups excluding tert-OH is 1. The zero-order valence-electron chi connectivity index (χ0n) is 15.7. The standard InChI is InChI=1S/C11H24N3O3P.C4H10O/c1-10(2)11(15)13-6-8-14(9-7-13)18(16,17-5)12(3)4;1-4(2)3-5/h10H,6-9H2,1-5H3;4-5H,3H2,1-2H3. The van der Waals surface area contributed by atoms with Crippen molar-refractivity contribution in [2.45, 2.75) is 27.7 Å². The number of rotatable bonds is 5. The minimum absolute atomic E-state index is 0.0135. The van der Waals surface area contributed by atoms with Crippen molar-refractivity contribution < 1.29 is 19.0 Å². The third-order valence-corrected chi connectivity index (χ3v) is 6.13. The minimum Gasteiger partial charge on any atom is -0.396 e. The smallest absolute Gasteiger partial charge is 0.345 e. The molecule has 0 spiro atoms. The van der Waals surface area contributed by atoms with E-state index in [1.807, 2.05) is 37.3 Å². The van der Waals surface area contributed by atoms with E-state index < -0.39 is 7.67 Å². The zero-order chi connectivity index (χ0) is 18.2. The summed E-state index contributed by atoms with van der Waals surface area (Å²) in [6.45, 7) is 10.4. The van der Waals surface area contributed by atoms with Crippen molar-refractivity contribution in [2.24, 2.45) is 11.8 Å². The number of hydrogen-bond acceptors (Lipinski definition) is 4. The summed E-state index contributed by atoms with van der Waals surface area (Å²) in [5.41, 5.74) is 0. The van der Waals surface area contributed by atoms with E-state index in [1.54, 1.807) is 18.8 Å². The molecule has 0 aromatic rings. The number of hydrogen-bond donors (Lipinski definition) is 1. The van der Waals surface area contributed by atoms with Gasteiger partial charge in [-0.05, 0) is 20.0 Å². The second-order valence-electron chi connectivity index (χ2n) is 6.53. The number of amides is 1. The van der Waals surface area contributed by atoms with Gasteiger partial charge >= 0.3 is 7.67 Å². The molecule has 23 heavy (non-hydrogen) atoms. The van der Waals surface area contributed by atoms with E-state index in [1.165, 1.54) is 7.11 Å². The number of nitrogens with zero attached hydrogens (tertiary/aromatic N) is 3. The van der Waals surface area contributed by atoms with Gasteiger partial charge in [0, 0.05) is 45.8 Å². The summed E-state index contributed by atoms with van der Waals surface area (Å²) in [7, 11) is 2.06. The van der Waals surface area contributed by atoms with Crippen LogP contribution in [0.25, 0.3) is 0 Å². The molecule has 1 saturated heterocycles. The molecule has 8 heteroatoms. The van der Waals surface area contributed by atoms with Crippen LogP contribution in [-0.4, -0.2) is 79.2 Å². The lowest BCUT2D eigenvalue weighted by atomic mass is 10.2. The lowest BCUT2D eigenvalue weighted by Gasteiger charge is -2.40. The van der Waals surface area contributed by atoms with Crippen LogP contribution in [0.3, 0.4) is 0 Å². The van der Waals surface area contributed by atoms with Crippen LogP contribution in [0, 0.1) is 11.8 Å². The van der Waals surface area contributed by atoms with Gasteiger partial charge < -0.3 is 14.5 Å². The molecule has 1 heterocycles. The van der Waals surface area contributed by atoms with Gasteiger partial charge in [-0.1, -0.05) is 27.7 Å². The van der Waals surface area contributed by atoms with Gasteiger partial charge in [0.2, 0.25) is 5.91 Å². The molecular formula is C15H34N3O4P. The Bertz CT molecular complexity index is 394. The normalized spacial score (nSPS) is 18.8. The van der Waals surface area contributed by atoms with Crippen molar-refractivity contribution >= 4 is 13.6 Å². The first-order valence-corrected chi connectivity index (χ1v) is 9.61. The Kier molecular flexibility index (Phi) is 10.2. The van der Waals surface area contributed by atoms with Gasteiger partial charge in [-0.2, -0.15) is 0 Å². The van der Waals surface area contributed by atoms with E-state index >= 15 is 0 Å². The molecule has 1 atom stereocenters. The second kappa shape index (κ2) is 10.4. The highest BCUT2D eigenvalue weighted by Crippen LogP contribution is 2.51. The molecule has 1 rings (SSSR count). The highest BCUT2D eigenvalue weighted by Gasteiger charge is 2.36. The number of carbonyl (C=O) groups excluding carboxylic acids is 1. The number of piperazine rings is 1. The van der Waals surface area contributed by atoms with Gasteiger partial charge in [0.1, 0.15) is 0 Å². The van der Waals surface area contributed by atoms with Gasteiger partial charge in [-0.15, -0.1) is 0 Å². The predicted molar refractivity (Wildman–Crippen MR) is 93.2 cm³/mol. The summed E-state index contributed by atoms with van der Waals surface area (Å²) >= 11 is 0. The highest BCUT2D eigenvalue weighted by molar-refractivity contribution is 7.53. The minimum atomic E-state index is -2.90. The third kappa shape index (κ3) is 6.89. The molecule has 1 aliphatic heterocycles. The summed E-state index contributed by atoms with van der Waals surface area (Å²) in [4.78, 5) is 13.7. The molecular weight excluding hydrogens is 317 g/mol. The van der Waals surface area contributed by atoms with E-state index in [2.05, 4.69) is 0 Å². The maximum atomic E-state index is 12.6. The summed E-state index contributed by atoms with van der Waals surface area (Å²) in [6, 6.07) is 0.